The van der Waals surface area contributed by atoms with E-state index in [1.165, 1.54) is 6.07 Å². The van der Waals surface area contributed by atoms with Crippen LogP contribution < -0.4 is 10.2 Å². The highest BCUT2D eigenvalue weighted by Crippen LogP contribution is 2.38. The van der Waals surface area contributed by atoms with E-state index in [0.717, 1.165) is 33.3 Å². The van der Waals surface area contributed by atoms with E-state index in [9.17, 15) is 18.0 Å². The lowest BCUT2D eigenvalue weighted by Gasteiger charge is -2.36. The zero-order valence-corrected chi connectivity index (χ0v) is 19.5. The van der Waals surface area contributed by atoms with Gasteiger partial charge in [0, 0.05) is 49.1 Å². The maximum absolute atomic E-state index is 13.1. The van der Waals surface area contributed by atoms with Gasteiger partial charge in [-0.05, 0) is 42.0 Å². The van der Waals surface area contributed by atoms with Crippen molar-refractivity contribution < 1.29 is 18.0 Å². The number of amides is 2. The van der Waals surface area contributed by atoms with E-state index < -0.39 is 11.7 Å². The number of nitrogens with zero attached hydrogens (tertiary/aromatic N) is 3. The van der Waals surface area contributed by atoms with Gasteiger partial charge in [-0.15, -0.1) is 11.3 Å². The molecule has 1 aliphatic rings. The van der Waals surface area contributed by atoms with Crippen molar-refractivity contribution in [3.63, 3.8) is 0 Å². The van der Waals surface area contributed by atoms with Gasteiger partial charge in [-0.1, -0.05) is 36.4 Å². The molecule has 5 rings (SSSR count). The number of thiophene rings is 1. The van der Waals surface area contributed by atoms with Gasteiger partial charge in [0.2, 0.25) is 0 Å². The van der Waals surface area contributed by atoms with Crippen LogP contribution in [0.15, 0.2) is 85.2 Å². The summed E-state index contributed by atoms with van der Waals surface area (Å²) in [4.78, 5) is 17.7. The SMILES string of the molecule is O=C(Nc1cc(-c2ccccc2)sc1-n1cccc1)N1CCN(c2cccc(C(F)(F)F)c2)CC1. The number of urea groups is 1. The molecule has 0 unspecified atom stereocenters. The Balaban J connectivity index is 1.29. The smallest absolute Gasteiger partial charge is 0.368 e. The van der Waals surface area contributed by atoms with E-state index in [1.54, 1.807) is 22.3 Å². The fraction of sp³-hybridized carbons (Fsp3) is 0.192. The Morgan fingerprint density at radius 1 is 0.857 bits per heavy atom. The minimum atomic E-state index is -4.38. The van der Waals surface area contributed by atoms with Gasteiger partial charge in [0.05, 0.1) is 11.3 Å². The molecule has 2 aromatic carbocycles. The highest BCUT2D eigenvalue weighted by molar-refractivity contribution is 7.18. The third-order valence-corrected chi connectivity index (χ3v) is 7.15. The highest BCUT2D eigenvalue weighted by atomic mass is 32.1. The van der Waals surface area contributed by atoms with Crippen molar-refractivity contribution in [2.75, 3.05) is 36.4 Å². The number of anilines is 2. The van der Waals surface area contributed by atoms with Crippen LogP contribution in [0.4, 0.5) is 29.3 Å². The first-order chi connectivity index (χ1) is 16.9. The Morgan fingerprint density at radius 2 is 1.57 bits per heavy atom. The molecule has 1 fully saturated rings. The predicted molar refractivity (Wildman–Crippen MR) is 133 cm³/mol. The summed E-state index contributed by atoms with van der Waals surface area (Å²) in [5, 5.41) is 3.96. The standard InChI is InChI=1S/C26H23F3N4OS/c27-26(28,29)20-9-6-10-21(17-20)31-13-15-33(16-14-31)25(34)30-22-18-23(19-7-2-1-3-8-19)35-24(22)32-11-4-5-12-32/h1-12,17-18H,13-16H2,(H,30,34). The maximum Gasteiger partial charge on any atom is 0.416 e. The zero-order chi connectivity index (χ0) is 24.4. The van der Waals surface area contributed by atoms with Gasteiger partial charge in [0.1, 0.15) is 5.00 Å². The molecule has 0 aliphatic carbocycles. The predicted octanol–water partition coefficient (Wildman–Crippen LogP) is 6.58. The monoisotopic (exact) mass is 496 g/mol. The second kappa shape index (κ2) is 9.50. The van der Waals surface area contributed by atoms with Crippen LogP contribution in [0.5, 0.6) is 0 Å². The van der Waals surface area contributed by atoms with Crippen molar-refractivity contribution in [2.24, 2.45) is 0 Å². The molecule has 1 saturated heterocycles. The van der Waals surface area contributed by atoms with Gasteiger partial charge < -0.3 is 19.7 Å². The number of hydrogen-bond donors (Lipinski definition) is 1. The van der Waals surface area contributed by atoms with Crippen molar-refractivity contribution >= 4 is 28.7 Å². The highest BCUT2D eigenvalue weighted by Gasteiger charge is 2.31. The Hall–Kier alpha value is -3.72. The summed E-state index contributed by atoms with van der Waals surface area (Å²) < 4.78 is 41.2. The molecule has 5 nitrogen and oxygen atoms in total. The summed E-state index contributed by atoms with van der Waals surface area (Å²) in [6.07, 6.45) is -0.511. The Labute approximate surface area is 205 Å². The number of hydrogen-bond acceptors (Lipinski definition) is 3. The van der Waals surface area contributed by atoms with Gasteiger partial charge in [-0.2, -0.15) is 13.2 Å². The molecule has 2 aromatic heterocycles. The summed E-state index contributed by atoms with van der Waals surface area (Å²) in [5.74, 6) is 0. The Morgan fingerprint density at radius 3 is 2.26 bits per heavy atom. The number of alkyl halides is 3. The molecule has 3 heterocycles. The van der Waals surface area contributed by atoms with E-state index in [-0.39, 0.29) is 6.03 Å². The third kappa shape index (κ3) is 5.05. The summed E-state index contributed by atoms with van der Waals surface area (Å²) in [5.41, 5.74) is 1.64. The first kappa shape index (κ1) is 23.0. The fourth-order valence-electron chi connectivity index (χ4n) is 4.12. The molecule has 0 spiro atoms. The number of benzene rings is 2. The summed E-state index contributed by atoms with van der Waals surface area (Å²) in [7, 11) is 0. The normalized spacial score (nSPS) is 14.3. The molecule has 1 N–H and O–H groups in total. The Bertz CT molecular complexity index is 1290. The average Bonchev–Trinajstić information content (AvgIpc) is 3.54. The van der Waals surface area contributed by atoms with Crippen LogP contribution in [0, 0.1) is 0 Å². The summed E-state index contributed by atoms with van der Waals surface area (Å²) in [6.45, 7) is 1.74. The molecular weight excluding hydrogens is 473 g/mol. The van der Waals surface area contributed by atoms with Gasteiger partial charge >= 0.3 is 12.2 Å². The second-order valence-electron chi connectivity index (χ2n) is 8.24. The van der Waals surface area contributed by atoms with E-state index in [2.05, 4.69) is 5.32 Å². The molecule has 35 heavy (non-hydrogen) atoms. The van der Waals surface area contributed by atoms with Crippen LogP contribution in [-0.4, -0.2) is 41.7 Å². The molecule has 0 atom stereocenters. The number of rotatable bonds is 4. The summed E-state index contributed by atoms with van der Waals surface area (Å²) in [6, 6.07) is 20.9. The number of nitrogens with one attached hydrogen (secondary N) is 1. The van der Waals surface area contributed by atoms with Crippen LogP contribution in [-0.2, 0) is 6.18 Å². The molecule has 9 heteroatoms. The lowest BCUT2D eigenvalue weighted by atomic mass is 10.1. The number of halogens is 3. The first-order valence-electron chi connectivity index (χ1n) is 11.2. The fourth-order valence-corrected chi connectivity index (χ4v) is 5.20. The molecule has 0 radical (unpaired) electrons. The van der Waals surface area contributed by atoms with Crippen molar-refractivity contribution in [1.29, 1.82) is 0 Å². The molecule has 2 amide bonds. The summed E-state index contributed by atoms with van der Waals surface area (Å²) >= 11 is 1.59. The van der Waals surface area contributed by atoms with Gasteiger partial charge in [-0.3, -0.25) is 0 Å². The minimum Gasteiger partial charge on any atom is -0.368 e. The van der Waals surface area contributed by atoms with E-state index in [0.29, 0.717) is 31.9 Å². The van der Waals surface area contributed by atoms with Crippen LogP contribution >= 0.6 is 11.3 Å². The lowest BCUT2D eigenvalue weighted by Crippen LogP contribution is -2.50. The Kier molecular flexibility index (Phi) is 6.25. The molecule has 180 valence electrons. The first-order valence-corrected chi connectivity index (χ1v) is 12.0. The average molecular weight is 497 g/mol. The van der Waals surface area contributed by atoms with Crippen LogP contribution in [0.25, 0.3) is 15.4 Å². The van der Waals surface area contributed by atoms with Crippen molar-refractivity contribution in [1.82, 2.24) is 9.47 Å². The molecular formula is C26H23F3N4OS. The quantitative estimate of drug-likeness (QED) is 0.347. The molecule has 1 aliphatic heterocycles. The van der Waals surface area contributed by atoms with Gasteiger partial charge in [0.25, 0.3) is 0 Å². The van der Waals surface area contributed by atoms with Gasteiger partial charge in [-0.25, -0.2) is 4.79 Å². The largest absolute Gasteiger partial charge is 0.416 e. The number of piperazine rings is 1. The van der Waals surface area contributed by atoms with E-state index >= 15 is 0 Å². The van der Waals surface area contributed by atoms with Gasteiger partial charge in [0.15, 0.2) is 0 Å². The van der Waals surface area contributed by atoms with Crippen molar-refractivity contribution in [2.45, 2.75) is 6.18 Å². The topological polar surface area (TPSA) is 40.5 Å². The number of aromatic nitrogens is 1. The van der Waals surface area contributed by atoms with E-state index in [4.69, 9.17) is 0 Å². The molecule has 4 aromatic rings. The third-order valence-electron chi connectivity index (χ3n) is 5.96. The van der Waals surface area contributed by atoms with Crippen molar-refractivity contribution in [3.05, 3.63) is 90.8 Å². The molecule has 0 saturated carbocycles. The second-order valence-corrected chi connectivity index (χ2v) is 9.27. The van der Waals surface area contributed by atoms with Crippen LogP contribution in [0.1, 0.15) is 5.56 Å². The lowest BCUT2D eigenvalue weighted by molar-refractivity contribution is -0.137. The number of carbonyl (C=O) groups is 1. The number of carbonyl (C=O) groups excluding carboxylic acids is 1. The maximum atomic E-state index is 13.1. The van der Waals surface area contributed by atoms with Crippen LogP contribution in [0.3, 0.4) is 0 Å². The van der Waals surface area contributed by atoms with E-state index in [1.807, 2.05) is 70.4 Å². The minimum absolute atomic E-state index is 0.223. The van der Waals surface area contributed by atoms with Crippen molar-refractivity contribution in [3.8, 4) is 15.4 Å². The zero-order valence-electron chi connectivity index (χ0n) is 18.7. The van der Waals surface area contributed by atoms with Crippen LogP contribution in [0.2, 0.25) is 0 Å². The molecule has 0 bridgehead atoms.